The van der Waals surface area contributed by atoms with E-state index in [-0.39, 0.29) is 0 Å². The number of anilines is 1. The summed E-state index contributed by atoms with van der Waals surface area (Å²) in [5, 5.41) is 3.49. The van der Waals surface area contributed by atoms with Crippen molar-refractivity contribution in [2.24, 2.45) is 5.92 Å². The van der Waals surface area contributed by atoms with Crippen molar-refractivity contribution in [3.05, 3.63) is 29.8 Å². The molecule has 0 aromatic heterocycles. The summed E-state index contributed by atoms with van der Waals surface area (Å²) in [6.07, 6.45) is 3.77. The molecule has 1 aromatic carbocycles. The Morgan fingerprint density at radius 2 is 2.16 bits per heavy atom. The van der Waals surface area contributed by atoms with E-state index in [1.165, 1.54) is 43.6 Å². The molecule has 0 fully saturated rings. The molecule has 2 atom stereocenters. The van der Waals surface area contributed by atoms with Gasteiger partial charge in [0.15, 0.2) is 0 Å². The van der Waals surface area contributed by atoms with E-state index in [0.29, 0.717) is 6.04 Å². The molecule has 0 saturated carbocycles. The maximum absolute atomic E-state index is 3.49. The van der Waals surface area contributed by atoms with E-state index in [0.717, 1.165) is 12.5 Å². The number of fused-ring (bicyclic) bond motifs is 1. The van der Waals surface area contributed by atoms with Crippen LogP contribution in [-0.2, 0) is 6.42 Å². The van der Waals surface area contributed by atoms with Crippen LogP contribution in [0.15, 0.2) is 24.3 Å². The second-order valence-corrected chi connectivity index (χ2v) is 5.98. The van der Waals surface area contributed by atoms with E-state index in [9.17, 15) is 0 Å². The fraction of sp³-hybridized carbons (Fsp3) is 0.647. The van der Waals surface area contributed by atoms with E-state index in [1.807, 2.05) is 0 Å². The first kappa shape index (κ1) is 14.4. The Hall–Kier alpha value is -1.02. The molecule has 1 aliphatic heterocycles. The normalized spacial score (nSPS) is 20.2. The third-order valence-corrected chi connectivity index (χ3v) is 4.05. The molecule has 2 unspecified atom stereocenters. The third kappa shape index (κ3) is 3.97. The monoisotopic (exact) mass is 260 g/mol. The van der Waals surface area contributed by atoms with E-state index >= 15 is 0 Å². The Morgan fingerprint density at radius 3 is 2.95 bits per heavy atom. The smallest absolute Gasteiger partial charge is 0.0398 e. The van der Waals surface area contributed by atoms with E-state index in [4.69, 9.17) is 0 Å². The molecular formula is C17H28N2. The van der Waals surface area contributed by atoms with Crippen molar-refractivity contribution in [3.63, 3.8) is 0 Å². The van der Waals surface area contributed by atoms with Crippen LogP contribution in [0.25, 0.3) is 0 Å². The predicted molar refractivity (Wildman–Crippen MR) is 83.9 cm³/mol. The predicted octanol–water partition coefficient (Wildman–Crippen LogP) is 3.46. The summed E-state index contributed by atoms with van der Waals surface area (Å²) >= 11 is 0. The average Bonchev–Trinajstić information content (AvgIpc) is 2.38. The van der Waals surface area contributed by atoms with Crippen LogP contribution in [0.1, 0.15) is 39.2 Å². The fourth-order valence-corrected chi connectivity index (χ4v) is 3.16. The zero-order chi connectivity index (χ0) is 13.7. The van der Waals surface area contributed by atoms with Crippen molar-refractivity contribution in [2.75, 3.05) is 24.5 Å². The molecule has 2 nitrogen and oxygen atoms in total. The summed E-state index contributed by atoms with van der Waals surface area (Å²) in [6, 6.07) is 9.56. The highest BCUT2D eigenvalue weighted by atomic mass is 15.1. The van der Waals surface area contributed by atoms with Gasteiger partial charge in [-0.3, -0.25) is 0 Å². The number of benzene rings is 1. The largest absolute Gasteiger partial charge is 0.371 e. The van der Waals surface area contributed by atoms with Crippen molar-refractivity contribution < 1.29 is 0 Å². The van der Waals surface area contributed by atoms with Crippen molar-refractivity contribution >= 4 is 5.69 Å². The molecule has 2 heteroatoms. The molecule has 1 aromatic rings. The van der Waals surface area contributed by atoms with Crippen LogP contribution in [0.2, 0.25) is 0 Å². The van der Waals surface area contributed by atoms with Crippen molar-refractivity contribution in [2.45, 2.75) is 46.1 Å². The third-order valence-electron chi connectivity index (χ3n) is 4.05. The van der Waals surface area contributed by atoms with Crippen LogP contribution in [0.5, 0.6) is 0 Å². The second kappa shape index (κ2) is 6.95. The SMILES string of the molecule is CCNC(C)CCCN1CC(C)Cc2ccccc21. The first-order valence-corrected chi connectivity index (χ1v) is 7.77. The quantitative estimate of drug-likeness (QED) is 0.842. The average molecular weight is 260 g/mol. The first-order chi connectivity index (χ1) is 9.20. The van der Waals surface area contributed by atoms with Gasteiger partial charge >= 0.3 is 0 Å². The lowest BCUT2D eigenvalue weighted by molar-refractivity contribution is 0.487. The van der Waals surface area contributed by atoms with Gasteiger partial charge in [0, 0.05) is 24.8 Å². The Labute approximate surface area is 118 Å². The number of nitrogens with zero attached hydrogens (tertiary/aromatic N) is 1. The summed E-state index contributed by atoms with van der Waals surface area (Å²) in [5.74, 6) is 0.779. The van der Waals surface area contributed by atoms with Gasteiger partial charge in [-0.1, -0.05) is 32.0 Å². The van der Waals surface area contributed by atoms with Gasteiger partial charge in [-0.15, -0.1) is 0 Å². The van der Waals surface area contributed by atoms with E-state index < -0.39 is 0 Å². The van der Waals surface area contributed by atoms with Gasteiger partial charge in [-0.05, 0) is 50.3 Å². The first-order valence-electron chi connectivity index (χ1n) is 7.77. The van der Waals surface area contributed by atoms with Gasteiger partial charge in [0.2, 0.25) is 0 Å². The minimum atomic E-state index is 0.641. The van der Waals surface area contributed by atoms with Crippen molar-refractivity contribution in [3.8, 4) is 0 Å². The van der Waals surface area contributed by atoms with Crippen LogP contribution in [0.4, 0.5) is 5.69 Å². The van der Waals surface area contributed by atoms with Gasteiger partial charge in [0.1, 0.15) is 0 Å². The van der Waals surface area contributed by atoms with Crippen LogP contribution in [0, 0.1) is 5.92 Å². The molecule has 1 heterocycles. The zero-order valence-electron chi connectivity index (χ0n) is 12.7. The number of nitrogens with one attached hydrogen (secondary N) is 1. The van der Waals surface area contributed by atoms with E-state index in [1.54, 1.807) is 0 Å². The topological polar surface area (TPSA) is 15.3 Å². The highest BCUT2D eigenvalue weighted by Gasteiger charge is 2.20. The number of rotatable bonds is 6. The van der Waals surface area contributed by atoms with Gasteiger partial charge in [0.25, 0.3) is 0 Å². The molecule has 0 saturated heterocycles. The molecule has 2 rings (SSSR count). The molecule has 1 N–H and O–H groups in total. The fourth-order valence-electron chi connectivity index (χ4n) is 3.16. The maximum atomic E-state index is 3.49. The van der Waals surface area contributed by atoms with Gasteiger partial charge < -0.3 is 10.2 Å². The van der Waals surface area contributed by atoms with E-state index in [2.05, 4.69) is 55.3 Å². The zero-order valence-corrected chi connectivity index (χ0v) is 12.7. The summed E-state index contributed by atoms with van der Waals surface area (Å²) in [4.78, 5) is 2.59. The Morgan fingerprint density at radius 1 is 1.37 bits per heavy atom. The summed E-state index contributed by atoms with van der Waals surface area (Å²) in [5.41, 5.74) is 3.00. The molecular weight excluding hydrogens is 232 g/mol. The minimum Gasteiger partial charge on any atom is -0.371 e. The summed E-state index contributed by atoms with van der Waals surface area (Å²) < 4.78 is 0. The molecule has 0 spiro atoms. The number of para-hydroxylation sites is 1. The van der Waals surface area contributed by atoms with Crippen LogP contribution < -0.4 is 10.2 Å². The standard InChI is InChI=1S/C17H28N2/c1-4-18-15(3)8-7-11-19-13-14(2)12-16-9-5-6-10-17(16)19/h5-6,9-10,14-15,18H,4,7-8,11-13H2,1-3H3. The molecule has 0 amide bonds. The van der Waals surface area contributed by atoms with Gasteiger partial charge in [-0.2, -0.15) is 0 Å². The molecule has 106 valence electrons. The lowest BCUT2D eigenvalue weighted by Crippen LogP contribution is -2.35. The summed E-state index contributed by atoms with van der Waals surface area (Å²) in [6.45, 7) is 10.3. The molecule has 19 heavy (non-hydrogen) atoms. The maximum Gasteiger partial charge on any atom is 0.0398 e. The van der Waals surface area contributed by atoms with Crippen molar-refractivity contribution in [1.29, 1.82) is 0 Å². The second-order valence-electron chi connectivity index (χ2n) is 5.98. The molecule has 0 aliphatic carbocycles. The minimum absolute atomic E-state index is 0.641. The van der Waals surface area contributed by atoms with Crippen LogP contribution >= 0.6 is 0 Å². The lowest BCUT2D eigenvalue weighted by atomic mass is 9.93. The van der Waals surface area contributed by atoms with Gasteiger partial charge in [-0.25, -0.2) is 0 Å². The molecule has 0 bridgehead atoms. The molecule has 0 radical (unpaired) electrons. The lowest BCUT2D eigenvalue weighted by Gasteiger charge is -2.35. The summed E-state index contributed by atoms with van der Waals surface area (Å²) in [7, 11) is 0. The van der Waals surface area contributed by atoms with Gasteiger partial charge in [0.05, 0.1) is 0 Å². The van der Waals surface area contributed by atoms with Crippen molar-refractivity contribution in [1.82, 2.24) is 5.32 Å². The highest BCUT2D eigenvalue weighted by Crippen LogP contribution is 2.29. The Kier molecular flexibility index (Phi) is 5.26. The Bertz CT molecular complexity index is 389. The number of hydrogen-bond donors (Lipinski definition) is 1. The van der Waals surface area contributed by atoms with Crippen LogP contribution in [0.3, 0.4) is 0 Å². The number of hydrogen-bond acceptors (Lipinski definition) is 2. The Balaban J connectivity index is 1.90. The molecule has 1 aliphatic rings. The highest BCUT2D eigenvalue weighted by molar-refractivity contribution is 5.55. The van der Waals surface area contributed by atoms with Crippen LogP contribution in [-0.4, -0.2) is 25.7 Å².